The van der Waals surface area contributed by atoms with Crippen molar-refractivity contribution in [1.82, 2.24) is 0 Å². The fourth-order valence-electron chi connectivity index (χ4n) is 2.92. The molecule has 28 heavy (non-hydrogen) atoms. The Hall–Kier alpha value is -2.53. The van der Waals surface area contributed by atoms with E-state index >= 15 is 0 Å². The summed E-state index contributed by atoms with van der Waals surface area (Å²) in [6, 6.07) is 7.48. The van der Waals surface area contributed by atoms with Gasteiger partial charge in [0.15, 0.2) is 0 Å². The van der Waals surface area contributed by atoms with Gasteiger partial charge in [-0.25, -0.2) is 21.2 Å². The molecule has 1 heterocycles. The first-order valence-corrected chi connectivity index (χ1v) is 11.3. The fraction of sp³-hybridized carbons (Fsp3) is 0.294. The van der Waals surface area contributed by atoms with Crippen LogP contribution >= 0.6 is 0 Å². The van der Waals surface area contributed by atoms with E-state index in [-0.39, 0.29) is 22.9 Å². The van der Waals surface area contributed by atoms with Gasteiger partial charge in [-0.05, 0) is 42.8 Å². The molecule has 0 unspecified atom stereocenters. The van der Waals surface area contributed by atoms with Crippen molar-refractivity contribution in [2.75, 3.05) is 35.5 Å². The van der Waals surface area contributed by atoms with E-state index in [2.05, 4.69) is 4.72 Å². The smallest absolute Gasteiger partial charge is 0.265 e. The maximum absolute atomic E-state index is 13.6. The van der Waals surface area contributed by atoms with Crippen LogP contribution in [0.3, 0.4) is 0 Å². The molecule has 0 radical (unpaired) electrons. The molecule has 1 fully saturated rings. The van der Waals surface area contributed by atoms with E-state index in [4.69, 9.17) is 9.47 Å². The second kappa shape index (κ2) is 7.47. The molecule has 1 aliphatic heterocycles. The van der Waals surface area contributed by atoms with Crippen LogP contribution < -0.4 is 18.5 Å². The predicted molar refractivity (Wildman–Crippen MR) is 103 cm³/mol. The monoisotopic (exact) mass is 430 g/mol. The summed E-state index contributed by atoms with van der Waals surface area (Å²) in [5.41, 5.74) is 0.329. The lowest BCUT2D eigenvalue weighted by molar-refractivity contribution is 0.401. The number of nitrogens with zero attached hydrogens (tertiary/aromatic N) is 1. The maximum atomic E-state index is 13.6. The molecule has 152 valence electrons. The molecule has 0 aromatic heterocycles. The first-order chi connectivity index (χ1) is 13.2. The summed E-state index contributed by atoms with van der Waals surface area (Å²) in [6.07, 6.45) is 0.482. The van der Waals surface area contributed by atoms with Crippen molar-refractivity contribution in [2.24, 2.45) is 0 Å². The van der Waals surface area contributed by atoms with Crippen molar-refractivity contribution in [3.63, 3.8) is 0 Å². The van der Waals surface area contributed by atoms with E-state index in [0.717, 1.165) is 12.1 Å². The molecule has 2 aromatic rings. The van der Waals surface area contributed by atoms with Gasteiger partial charge in [0.2, 0.25) is 10.0 Å². The first kappa shape index (κ1) is 20.2. The highest BCUT2D eigenvalue weighted by Gasteiger charge is 2.29. The molecule has 0 aliphatic carbocycles. The number of ether oxygens (including phenoxy) is 2. The average molecular weight is 430 g/mol. The lowest BCUT2D eigenvalue weighted by Crippen LogP contribution is -2.25. The third-order valence-electron chi connectivity index (χ3n) is 4.23. The second-order valence-electron chi connectivity index (χ2n) is 6.03. The summed E-state index contributed by atoms with van der Waals surface area (Å²) >= 11 is 0. The fourth-order valence-corrected chi connectivity index (χ4v) is 5.72. The number of methoxy groups -OCH3 is 2. The van der Waals surface area contributed by atoms with Crippen molar-refractivity contribution in [3.8, 4) is 11.5 Å². The van der Waals surface area contributed by atoms with E-state index in [9.17, 15) is 21.2 Å². The van der Waals surface area contributed by atoms with E-state index in [1.807, 2.05) is 0 Å². The zero-order chi connectivity index (χ0) is 20.5. The van der Waals surface area contributed by atoms with Crippen LogP contribution in [0, 0.1) is 5.82 Å². The van der Waals surface area contributed by atoms with Gasteiger partial charge in [-0.1, -0.05) is 0 Å². The Morgan fingerprint density at radius 1 is 1.07 bits per heavy atom. The predicted octanol–water partition coefficient (Wildman–Crippen LogP) is 2.18. The summed E-state index contributed by atoms with van der Waals surface area (Å²) in [4.78, 5) is -0.392. The molecule has 3 rings (SSSR count). The molecular formula is C17H19FN2O6S2. The van der Waals surface area contributed by atoms with Gasteiger partial charge in [-0.15, -0.1) is 0 Å². The highest BCUT2D eigenvalue weighted by molar-refractivity contribution is 7.93. The lowest BCUT2D eigenvalue weighted by Gasteiger charge is -2.20. The largest absolute Gasteiger partial charge is 0.495 e. The van der Waals surface area contributed by atoms with Crippen LogP contribution in [0.4, 0.5) is 15.8 Å². The Labute approximate surface area is 163 Å². The number of nitrogens with one attached hydrogen (secondary N) is 1. The average Bonchev–Trinajstić information content (AvgIpc) is 3.00. The van der Waals surface area contributed by atoms with Crippen molar-refractivity contribution >= 4 is 31.4 Å². The Morgan fingerprint density at radius 3 is 2.36 bits per heavy atom. The summed E-state index contributed by atoms with van der Waals surface area (Å²) < 4.78 is 77.3. The molecule has 1 saturated heterocycles. The Bertz CT molecular complexity index is 1100. The lowest BCUT2D eigenvalue weighted by atomic mass is 10.2. The molecule has 2 aromatic carbocycles. The van der Waals surface area contributed by atoms with Crippen molar-refractivity contribution < 1.29 is 30.7 Å². The SMILES string of the molecule is COc1ccc(N2CCCS2(=O)=O)cc1NS(=O)(=O)c1cc(F)ccc1OC. The normalized spacial score (nSPS) is 16.0. The minimum Gasteiger partial charge on any atom is -0.495 e. The Balaban J connectivity index is 2.04. The van der Waals surface area contributed by atoms with Crippen LogP contribution in [-0.2, 0) is 20.0 Å². The van der Waals surface area contributed by atoms with Crippen LogP contribution in [-0.4, -0.2) is 43.4 Å². The maximum Gasteiger partial charge on any atom is 0.265 e. The number of sulfonamides is 2. The molecular weight excluding hydrogens is 411 g/mol. The van der Waals surface area contributed by atoms with Crippen LogP contribution in [0.2, 0.25) is 0 Å². The van der Waals surface area contributed by atoms with Gasteiger partial charge >= 0.3 is 0 Å². The van der Waals surface area contributed by atoms with Crippen molar-refractivity contribution in [2.45, 2.75) is 11.3 Å². The summed E-state index contributed by atoms with van der Waals surface area (Å²) in [5.74, 6) is -0.573. The van der Waals surface area contributed by atoms with Crippen LogP contribution in [0.25, 0.3) is 0 Å². The molecule has 8 nitrogen and oxygen atoms in total. The first-order valence-electron chi connectivity index (χ1n) is 8.23. The van der Waals surface area contributed by atoms with Crippen molar-refractivity contribution in [1.29, 1.82) is 0 Å². The van der Waals surface area contributed by atoms with Crippen LogP contribution in [0.1, 0.15) is 6.42 Å². The van der Waals surface area contributed by atoms with Gasteiger partial charge in [0.1, 0.15) is 22.2 Å². The van der Waals surface area contributed by atoms with Crippen LogP contribution in [0.5, 0.6) is 11.5 Å². The van der Waals surface area contributed by atoms with E-state index < -0.39 is 30.8 Å². The van der Waals surface area contributed by atoms with Gasteiger partial charge in [-0.3, -0.25) is 9.03 Å². The third-order valence-corrected chi connectivity index (χ3v) is 7.49. The van der Waals surface area contributed by atoms with Gasteiger partial charge in [0, 0.05) is 6.54 Å². The van der Waals surface area contributed by atoms with Gasteiger partial charge in [0.05, 0.1) is 31.3 Å². The minimum atomic E-state index is -4.24. The standard InChI is InChI=1S/C17H19FN2O6S2/c1-25-15-7-5-13(20-8-3-9-27(20,21)22)11-14(15)19-28(23,24)17-10-12(18)4-6-16(17)26-2/h4-7,10-11,19H,3,8-9H2,1-2H3. The third kappa shape index (κ3) is 3.85. The van der Waals surface area contributed by atoms with Crippen LogP contribution in [0.15, 0.2) is 41.3 Å². The van der Waals surface area contributed by atoms with Gasteiger partial charge < -0.3 is 9.47 Å². The molecule has 0 atom stereocenters. The number of halogens is 1. The molecule has 1 N–H and O–H groups in total. The molecule has 0 bridgehead atoms. The van der Waals surface area contributed by atoms with E-state index in [1.165, 1.54) is 42.8 Å². The Kier molecular flexibility index (Phi) is 5.39. The van der Waals surface area contributed by atoms with Gasteiger partial charge in [0.25, 0.3) is 10.0 Å². The molecule has 11 heteroatoms. The van der Waals surface area contributed by atoms with Gasteiger partial charge in [-0.2, -0.15) is 0 Å². The number of hydrogen-bond donors (Lipinski definition) is 1. The van der Waals surface area contributed by atoms with Crippen molar-refractivity contribution in [3.05, 3.63) is 42.2 Å². The number of rotatable bonds is 6. The molecule has 0 amide bonds. The van der Waals surface area contributed by atoms with E-state index in [1.54, 1.807) is 0 Å². The summed E-state index contributed by atoms with van der Waals surface area (Å²) in [5, 5.41) is 0. The minimum absolute atomic E-state index is 0.0217. The highest BCUT2D eigenvalue weighted by Crippen LogP contribution is 2.35. The zero-order valence-electron chi connectivity index (χ0n) is 15.2. The summed E-state index contributed by atoms with van der Waals surface area (Å²) in [6.45, 7) is 0.304. The number of hydrogen-bond acceptors (Lipinski definition) is 6. The quantitative estimate of drug-likeness (QED) is 0.754. The molecule has 1 aliphatic rings. The Morgan fingerprint density at radius 2 is 1.75 bits per heavy atom. The summed E-state index contributed by atoms with van der Waals surface area (Å²) in [7, 11) is -5.07. The number of benzene rings is 2. The second-order valence-corrected chi connectivity index (χ2v) is 9.69. The van der Waals surface area contributed by atoms with E-state index in [0.29, 0.717) is 18.7 Å². The zero-order valence-corrected chi connectivity index (χ0v) is 16.8. The number of anilines is 2. The molecule has 0 spiro atoms. The highest BCUT2D eigenvalue weighted by atomic mass is 32.2. The molecule has 0 saturated carbocycles. The topological polar surface area (TPSA) is 102 Å².